The molecule has 0 amide bonds. The van der Waals surface area contributed by atoms with Gasteiger partial charge in [-0.3, -0.25) is 4.90 Å². The van der Waals surface area contributed by atoms with Crippen LogP contribution in [0.4, 0.5) is 0 Å². The number of hydrogen-bond donors (Lipinski definition) is 1. The van der Waals surface area contributed by atoms with Crippen LogP contribution in [-0.2, 0) is 4.74 Å². The molecule has 0 saturated carbocycles. The molecule has 0 spiro atoms. The van der Waals surface area contributed by atoms with Crippen LogP contribution in [0.3, 0.4) is 0 Å². The Kier molecular flexibility index (Phi) is 5.03. The summed E-state index contributed by atoms with van der Waals surface area (Å²) in [6.07, 6.45) is 1.55. The van der Waals surface area contributed by atoms with Gasteiger partial charge in [0, 0.05) is 24.7 Å². The number of nitrogens with one attached hydrogen (secondary N) is 1. The third-order valence-electron chi connectivity index (χ3n) is 3.15. The van der Waals surface area contributed by atoms with Crippen LogP contribution in [0.5, 0.6) is 0 Å². The van der Waals surface area contributed by atoms with Gasteiger partial charge in [0.05, 0.1) is 12.7 Å². The maximum atomic E-state index is 5.73. The highest BCUT2D eigenvalue weighted by atomic mass is 16.5. The second-order valence-electron chi connectivity index (χ2n) is 5.05. The number of nitrogens with zero attached hydrogens (tertiary/aromatic N) is 1. The highest BCUT2D eigenvalue weighted by Crippen LogP contribution is 2.20. The number of rotatable bonds is 5. The van der Waals surface area contributed by atoms with Crippen molar-refractivity contribution in [2.75, 3.05) is 20.2 Å². The molecule has 0 aromatic heterocycles. The first-order valence-corrected chi connectivity index (χ1v) is 6.09. The normalized spacial score (nSPS) is 28.2. The monoisotopic (exact) mass is 214 g/mol. The van der Waals surface area contributed by atoms with Gasteiger partial charge in [0.15, 0.2) is 0 Å². The molecular formula is C12H26N2O. The van der Waals surface area contributed by atoms with Crippen molar-refractivity contribution in [2.24, 2.45) is 0 Å². The average Bonchev–Trinajstić information content (AvgIpc) is 2.57. The SMILES string of the molecule is CN[C@@H]1C[C@@H](COC(C)C)N(C(C)C)C1. The summed E-state index contributed by atoms with van der Waals surface area (Å²) in [5.74, 6) is 0. The average molecular weight is 214 g/mol. The van der Waals surface area contributed by atoms with Crippen LogP contribution in [0.15, 0.2) is 0 Å². The summed E-state index contributed by atoms with van der Waals surface area (Å²) in [7, 11) is 2.05. The molecule has 1 rings (SSSR count). The molecule has 1 N–H and O–H groups in total. The van der Waals surface area contributed by atoms with Crippen molar-refractivity contribution in [3.8, 4) is 0 Å². The predicted molar refractivity (Wildman–Crippen MR) is 64.2 cm³/mol. The van der Waals surface area contributed by atoms with E-state index in [1.165, 1.54) is 6.42 Å². The van der Waals surface area contributed by atoms with Crippen LogP contribution in [0.1, 0.15) is 34.1 Å². The van der Waals surface area contributed by atoms with E-state index >= 15 is 0 Å². The van der Waals surface area contributed by atoms with Crippen LogP contribution in [-0.4, -0.2) is 49.3 Å². The van der Waals surface area contributed by atoms with E-state index in [0.29, 0.717) is 24.2 Å². The molecular weight excluding hydrogens is 188 g/mol. The van der Waals surface area contributed by atoms with E-state index in [0.717, 1.165) is 13.2 Å². The van der Waals surface area contributed by atoms with Crippen LogP contribution < -0.4 is 5.32 Å². The molecule has 3 nitrogen and oxygen atoms in total. The Hall–Kier alpha value is -0.120. The van der Waals surface area contributed by atoms with Crippen molar-refractivity contribution in [1.29, 1.82) is 0 Å². The zero-order valence-electron chi connectivity index (χ0n) is 10.8. The molecule has 0 aromatic carbocycles. The molecule has 1 heterocycles. The molecule has 90 valence electrons. The van der Waals surface area contributed by atoms with Gasteiger partial charge >= 0.3 is 0 Å². The Morgan fingerprint density at radius 2 is 2.00 bits per heavy atom. The van der Waals surface area contributed by atoms with E-state index in [9.17, 15) is 0 Å². The molecule has 1 aliphatic heterocycles. The summed E-state index contributed by atoms with van der Waals surface area (Å²) in [4.78, 5) is 2.55. The Morgan fingerprint density at radius 3 is 2.47 bits per heavy atom. The van der Waals surface area contributed by atoms with Crippen molar-refractivity contribution < 1.29 is 4.74 Å². The van der Waals surface area contributed by atoms with Gasteiger partial charge in [-0.1, -0.05) is 0 Å². The summed E-state index contributed by atoms with van der Waals surface area (Å²) in [5, 5.41) is 3.37. The minimum absolute atomic E-state index is 0.340. The zero-order valence-corrected chi connectivity index (χ0v) is 10.8. The minimum Gasteiger partial charge on any atom is -0.377 e. The molecule has 2 atom stereocenters. The summed E-state index contributed by atoms with van der Waals surface area (Å²) in [6, 6.07) is 1.84. The van der Waals surface area contributed by atoms with Gasteiger partial charge in [-0.05, 0) is 41.2 Å². The molecule has 0 aromatic rings. The van der Waals surface area contributed by atoms with E-state index in [2.05, 4.69) is 45.0 Å². The van der Waals surface area contributed by atoms with Gasteiger partial charge in [0.25, 0.3) is 0 Å². The first kappa shape index (κ1) is 12.9. The lowest BCUT2D eigenvalue weighted by atomic mass is 10.2. The third-order valence-corrected chi connectivity index (χ3v) is 3.15. The quantitative estimate of drug-likeness (QED) is 0.750. The van der Waals surface area contributed by atoms with E-state index in [1.54, 1.807) is 0 Å². The van der Waals surface area contributed by atoms with E-state index in [-0.39, 0.29) is 0 Å². The van der Waals surface area contributed by atoms with Crippen LogP contribution in [0.2, 0.25) is 0 Å². The van der Waals surface area contributed by atoms with Crippen molar-refractivity contribution in [1.82, 2.24) is 10.2 Å². The Balaban J connectivity index is 2.45. The maximum Gasteiger partial charge on any atom is 0.0626 e. The van der Waals surface area contributed by atoms with E-state index in [4.69, 9.17) is 4.74 Å². The lowest BCUT2D eigenvalue weighted by Crippen LogP contribution is -2.39. The van der Waals surface area contributed by atoms with Crippen LogP contribution in [0, 0.1) is 0 Å². The molecule has 1 fully saturated rings. The Labute approximate surface area is 94.2 Å². The summed E-state index contributed by atoms with van der Waals surface area (Å²) < 4.78 is 5.73. The summed E-state index contributed by atoms with van der Waals surface area (Å²) in [6.45, 7) is 10.8. The number of hydrogen-bond acceptors (Lipinski definition) is 3. The van der Waals surface area contributed by atoms with Gasteiger partial charge in [0.2, 0.25) is 0 Å². The second kappa shape index (κ2) is 5.83. The number of ether oxygens (including phenoxy) is 1. The standard InChI is InChI=1S/C12H26N2O/c1-9(2)14-7-11(13-5)6-12(14)8-15-10(3)4/h9-13H,6-8H2,1-5H3/t11-,12+/m1/s1. The Morgan fingerprint density at radius 1 is 1.33 bits per heavy atom. The highest BCUT2D eigenvalue weighted by molar-refractivity contribution is 4.90. The fourth-order valence-electron chi connectivity index (χ4n) is 2.25. The number of likely N-dealkylation sites (N-methyl/N-ethyl adjacent to an activating group) is 1. The first-order chi connectivity index (χ1) is 7.04. The second-order valence-corrected chi connectivity index (χ2v) is 5.05. The topological polar surface area (TPSA) is 24.5 Å². The van der Waals surface area contributed by atoms with Crippen LogP contribution in [0.25, 0.3) is 0 Å². The fraction of sp³-hybridized carbons (Fsp3) is 1.00. The number of likely N-dealkylation sites (tertiary alicyclic amines) is 1. The Bertz CT molecular complexity index is 182. The molecule has 15 heavy (non-hydrogen) atoms. The van der Waals surface area contributed by atoms with Gasteiger partial charge in [0.1, 0.15) is 0 Å². The van der Waals surface area contributed by atoms with Gasteiger partial charge < -0.3 is 10.1 Å². The van der Waals surface area contributed by atoms with Crippen LogP contribution >= 0.6 is 0 Å². The van der Waals surface area contributed by atoms with Gasteiger partial charge in [-0.15, -0.1) is 0 Å². The van der Waals surface area contributed by atoms with E-state index < -0.39 is 0 Å². The first-order valence-electron chi connectivity index (χ1n) is 6.09. The third kappa shape index (κ3) is 3.74. The highest BCUT2D eigenvalue weighted by Gasteiger charge is 2.32. The molecule has 0 unspecified atom stereocenters. The smallest absolute Gasteiger partial charge is 0.0626 e. The summed E-state index contributed by atoms with van der Waals surface area (Å²) >= 11 is 0. The van der Waals surface area contributed by atoms with Crippen molar-refractivity contribution in [3.05, 3.63) is 0 Å². The molecule has 0 bridgehead atoms. The van der Waals surface area contributed by atoms with E-state index in [1.807, 2.05) is 0 Å². The fourth-order valence-corrected chi connectivity index (χ4v) is 2.25. The molecule has 1 aliphatic rings. The predicted octanol–water partition coefficient (Wildman–Crippen LogP) is 1.48. The zero-order chi connectivity index (χ0) is 11.4. The van der Waals surface area contributed by atoms with Crippen molar-refractivity contribution in [2.45, 2.75) is 58.3 Å². The van der Waals surface area contributed by atoms with Gasteiger partial charge in [-0.2, -0.15) is 0 Å². The maximum absolute atomic E-state index is 5.73. The molecule has 1 saturated heterocycles. The van der Waals surface area contributed by atoms with Crippen molar-refractivity contribution >= 4 is 0 Å². The summed E-state index contributed by atoms with van der Waals surface area (Å²) in [5.41, 5.74) is 0. The molecule has 0 radical (unpaired) electrons. The lowest BCUT2D eigenvalue weighted by molar-refractivity contribution is 0.0299. The lowest BCUT2D eigenvalue weighted by Gasteiger charge is -2.28. The van der Waals surface area contributed by atoms with Crippen molar-refractivity contribution in [3.63, 3.8) is 0 Å². The molecule has 3 heteroatoms. The molecule has 0 aliphatic carbocycles. The van der Waals surface area contributed by atoms with Gasteiger partial charge in [-0.25, -0.2) is 0 Å². The minimum atomic E-state index is 0.340. The largest absolute Gasteiger partial charge is 0.377 e.